The molecule has 0 N–H and O–H groups in total. The van der Waals surface area contributed by atoms with Gasteiger partial charge < -0.3 is 0 Å². The highest BCUT2D eigenvalue weighted by molar-refractivity contribution is 5.86. The summed E-state index contributed by atoms with van der Waals surface area (Å²) < 4.78 is 15.3. The van der Waals surface area contributed by atoms with Crippen molar-refractivity contribution in [2.75, 3.05) is 0 Å². The van der Waals surface area contributed by atoms with Crippen molar-refractivity contribution in [3.8, 4) is 22.5 Å². The number of nitrogens with zero attached hydrogens (tertiary/aromatic N) is 4. The molecule has 6 rings (SSSR count). The third kappa shape index (κ3) is 3.63. The number of hydrogen-bond acceptors (Lipinski definition) is 3. The van der Waals surface area contributed by atoms with Gasteiger partial charge in [0.1, 0.15) is 11.5 Å². The van der Waals surface area contributed by atoms with Gasteiger partial charge >= 0.3 is 0 Å². The van der Waals surface area contributed by atoms with E-state index in [2.05, 4.69) is 46.6 Å². The Balaban J connectivity index is 1.48. The molecule has 0 aliphatic rings. The van der Waals surface area contributed by atoms with E-state index < -0.39 is 0 Å². The van der Waals surface area contributed by atoms with E-state index in [9.17, 15) is 4.39 Å². The molecule has 0 amide bonds. The first-order valence-electron chi connectivity index (χ1n) is 11.0. The van der Waals surface area contributed by atoms with Gasteiger partial charge in [0.15, 0.2) is 11.5 Å². The lowest BCUT2D eigenvalue weighted by Crippen LogP contribution is -1.97. The second-order valence-corrected chi connectivity index (χ2v) is 8.00. The first kappa shape index (κ1) is 20.0. The summed E-state index contributed by atoms with van der Waals surface area (Å²) in [6.45, 7) is 0. The number of halogens is 1. The molecule has 0 aliphatic heterocycles. The van der Waals surface area contributed by atoms with Crippen molar-refractivity contribution in [2.24, 2.45) is 0 Å². The second-order valence-electron chi connectivity index (χ2n) is 8.00. The Morgan fingerprint density at radius 3 is 2.09 bits per heavy atom. The number of hydrogen-bond donors (Lipinski definition) is 0. The SMILES string of the molecule is Fc1ccc(/C=C/c2nc3ccccc3n3c(-c4ccc(-c5ccccc5)cc4)nnc23)cc1. The van der Waals surface area contributed by atoms with E-state index in [1.165, 1.54) is 17.7 Å². The molecule has 0 aliphatic carbocycles. The standard InChI is InChI=1S/C29H19FN4/c30-24-17-10-20(11-18-24)12-19-26-29-33-32-28(34(29)27-9-5-4-8-25(27)31-26)23-15-13-22(14-16-23)21-6-2-1-3-7-21/h1-19H/b19-12+. The Bertz CT molecular complexity index is 1630. The lowest BCUT2D eigenvalue weighted by molar-refractivity contribution is 0.628. The molecule has 0 saturated heterocycles. The molecule has 2 heterocycles. The molecule has 0 bridgehead atoms. The van der Waals surface area contributed by atoms with Crippen LogP contribution >= 0.6 is 0 Å². The van der Waals surface area contributed by atoms with Crippen molar-refractivity contribution in [1.29, 1.82) is 0 Å². The minimum Gasteiger partial charge on any atom is -0.271 e. The fraction of sp³-hybridized carbons (Fsp3) is 0. The fourth-order valence-electron chi connectivity index (χ4n) is 4.10. The van der Waals surface area contributed by atoms with Crippen LogP contribution in [0.1, 0.15) is 11.3 Å². The van der Waals surface area contributed by atoms with Gasteiger partial charge in [-0.2, -0.15) is 0 Å². The van der Waals surface area contributed by atoms with Crippen molar-refractivity contribution < 1.29 is 4.39 Å². The zero-order chi connectivity index (χ0) is 22.9. The number of rotatable bonds is 4. The summed E-state index contributed by atoms with van der Waals surface area (Å²) in [7, 11) is 0. The molecule has 6 aromatic rings. The lowest BCUT2D eigenvalue weighted by Gasteiger charge is -2.08. The average molecular weight is 442 g/mol. The van der Waals surface area contributed by atoms with Gasteiger partial charge in [-0.15, -0.1) is 10.2 Å². The topological polar surface area (TPSA) is 43.1 Å². The summed E-state index contributed by atoms with van der Waals surface area (Å²) in [4.78, 5) is 4.81. The van der Waals surface area contributed by atoms with Gasteiger partial charge in [-0.1, -0.05) is 84.9 Å². The molecular formula is C29H19FN4. The van der Waals surface area contributed by atoms with Crippen LogP contribution in [0.2, 0.25) is 0 Å². The van der Waals surface area contributed by atoms with Gasteiger partial charge in [-0.25, -0.2) is 9.37 Å². The van der Waals surface area contributed by atoms with Gasteiger partial charge in [-0.3, -0.25) is 4.40 Å². The van der Waals surface area contributed by atoms with E-state index >= 15 is 0 Å². The normalized spacial score (nSPS) is 11.6. The summed E-state index contributed by atoms with van der Waals surface area (Å²) >= 11 is 0. The van der Waals surface area contributed by atoms with E-state index in [4.69, 9.17) is 4.98 Å². The maximum atomic E-state index is 13.3. The predicted molar refractivity (Wildman–Crippen MR) is 134 cm³/mol. The van der Waals surface area contributed by atoms with Crippen LogP contribution in [0.25, 0.3) is 51.3 Å². The first-order chi connectivity index (χ1) is 16.8. The van der Waals surface area contributed by atoms with Crippen molar-refractivity contribution in [2.45, 2.75) is 0 Å². The van der Waals surface area contributed by atoms with Gasteiger partial charge in [0.2, 0.25) is 0 Å². The quantitative estimate of drug-likeness (QED) is 0.298. The van der Waals surface area contributed by atoms with Crippen molar-refractivity contribution in [3.05, 3.63) is 120 Å². The van der Waals surface area contributed by atoms with Crippen LogP contribution in [-0.2, 0) is 0 Å². The highest BCUT2D eigenvalue weighted by atomic mass is 19.1. The Morgan fingerprint density at radius 2 is 1.29 bits per heavy atom. The third-order valence-electron chi connectivity index (χ3n) is 5.81. The third-order valence-corrected chi connectivity index (χ3v) is 5.81. The van der Waals surface area contributed by atoms with E-state index in [1.54, 1.807) is 12.1 Å². The maximum absolute atomic E-state index is 13.3. The van der Waals surface area contributed by atoms with Gasteiger partial charge in [0, 0.05) is 5.56 Å². The molecule has 0 saturated carbocycles. The molecule has 162 valence electrons. The molecule has 5 heteroatoms. The Kier molecular flexibility index (Phi) is 4.92. The van der Waals surface area contributed by atoms with Gasteiger partial charge in [0.05, 0.1) is 11.0 Å². The van der Waals surface area contributed by atoms with Crippen molar-refractivity contribution >= 4 is 28.8 Å². The summed E-state index contributed by atoms with van der Waals surface area (Å²) in [6.07, 6.45) is 3.80. The molecule has 4 aromatic carbocycles. The van der Waals surface area contributed by atoms with Crippen LogP contribution in [-0.4, -0.2) is 19.6 Å². The van der Waals surface area contributed by atoms with E-state index in [0.717, 1.165) is 33.5 Å². The molecule has 34 heavy (non-hydrogen) atoms. The van der Waals surface area contributed by atoms with E-state index in [0.29, 0.717) is 11.3 Å². The largest absolute Gasteiger partial charge is 0.271 e. The van der Waals surface area contributed by atoms with Gasteiger partial charge in [0.25, 0.3) is 0 Å². The number of benzene rings is 4. The van der Waals surface area contributed by atoms with Crippen LogP contribution in [0, 0.1) is 5.82 Å². The maximum Gasteiger partial charge on any atom is 0.187 e. The molecule has 0 radical (unpaired) electrons. The number of fused-ring (bicyclic) bond motifs is 3. The van der Waals surface area contributed by atoms with Crippen LogP contribution in [0.5, 0.6) is 0 Å². The number of para-hydroxylation sites is 2. The molecule has 0 unspecified atom stereocenters. The molecular weight excluding hydrogens is 423 g/mol. The fourth-order valence-corrected chi connectivity index (χ4v) is 4.10. The Morgan fingerprint density at radius 1 is 0.618 bits per heavy atom. The van der Waals surface area contributed by atoms with Crippen LogP contribution in [0.15, 0.2) is 103 Å². The zero-order valence-electron chi connectivity index (χ0n) is 18.1. The molecule has 0 fully saturated rings. The summed E-state index contributed by atoms with van der Waals surface area (Å²) in [6, 6.07) is 32.9. The predicted octanol–water partition coefficient (Wildman–Crippen LogP) is 6.92. The van der Waals surface area contributed by atoms with Crippen molar-refractivity contribution in [3.63, 3.8) is 0 Å². The second kappa shape index (κ2) is 8.37. The van der Waals surface area contributed by atoms with Crippen LogP contribution in [0.3, 0.4) is 0 Å². The first-order valence-corrected chi connectivity index (χ1v) is 11.0. The zero-order valence-corrected chi connectivity index (χ0v) is 18.1. The summed E-state index contributed by atoms with van der Waals surface area (Å²) in [5.74, 6) is 0.494. The van der Waals surface area contributed by atoms with E-state index in [1.807, 2.05) is 59.0 Å². The lowest BCUT2D eigenvalue weighted by atomic mass is 10.0. The molecule has 0 spiro atoms. The Hall–Kier alpha value is -4.64. The van der Waals surface area contributed by atoms with Crippen LogP contribution in [0.4, 0.5) is 4.39 Å². The van der Waals surface area contributed by atoms with Crippen LogP contribution < -0.4 is 0 Å². The monoisotopic (exact) mass is 442 g/mol. The number of aromatic nitrogens is 4. The highest BCUT2D eigenvalue weighted by Crippen LogP contribution is 2.28. The average Bonchev–Trinajstić information content (AvgIpc) is 3.35. The summed E-state index contributed by atoms with van der Waals surface area (Å²) in [5.41, 5.74) is 7.31. The minimum atomic E-state index is -0.260. The van der Waals surface area contributed by atoms with Gasteiger partial charge in [-0.05, 0) is 47.0 Å². The molecule has 2 aromatic heterocycles. The summed E-state index contributed by atoms with van der Waals surface area (Å²) in [5, 5.41) is 9.03. The Labute approximate surface area is 195 Å². The molecule has 4 nitrogen and oxygen atoms in total. The highest BCUT2D eigenvalue weighted by Gasteiger charge is 2.15. The van der Waals surface area contributed by atoms with Crippen molar-refractivity contribution in [1.82, 2.24) is 19.6 Å². The molecule has 0 atom stereocenters. The minimum absolute atomic E-state index is 0.260. The smallest absolute Gasteiger partial charge is 0.187 e. The van der Waals surface area contributed by atoms with E-state index in [-0.39, 0.29) is 5.82 Å².